The molecule has 8 heteroatoms. The number of benzene rings is 2. The topological polar surface area (TPSA) is 139 Å². The van der Waals surface area contributed by atoms with E-state index in [4.69, 9.17) is 16.2 Å². The van der Waals surface area contributed by atoms with Gasteiger partial charge in [0.05, 0.1) is 12.1 Å². The van der Waals surface area contributed by atoms with Crippen LogP contribution in [-0.4, -0.2) is 51.3 Å². The second-order valence-corrected chi connectivity index (χ2v) is 7.68. The summed E-state index contributed by atoms with van der Waals surface area (Å²) >= 11 is 0. The maximum atomic E-state index is 12.6. The normalized spacial score (nSPS) is 25.4. The molecule has 2 aliphatic rings. The van der Waals surface area contributed by atoms with Gasteiger partial charge in [0, 0.05) is 28.0 Å². The van der Waals surface area contributed by atoms with Gasteiger partial charge in [0.2, 0.25) is 0 Å². The summed E-state index contributed by atoms with van der Waals surface area (Å²) in [6.45, 7) is 3.22. The maximum absolute atomic E-state index is 12.6. The number of β-lactam (4-membered cyclic amide) rings is 1. The van der Waals surface area contributed by atoms with Gasteiger partial charge in [-0.1, -0.05) is 31.2 Å². The third-order valence-electron chi connectivity index (χ3n) is 6.12. The number of nitrogens with two attached hydrogens (primary N) is 2. The van der Waals surface area contributed by atoms with E-state index in [1.54, 1.807) is 19.1 Å². The predicted octanol–water partition coefficient (Wildman–Crippen LogP) is 1.33. The van der Waals surface area contributed by atoms with Gasteiger partial charge in [-0.3, -0.25) is 9.69 Å². The molecule has 162 valence electrons. The number of nitrogen functional groups attached to an aromatic ring is 1. The van der Waals surface area contributed by atoms with Gasteiger partial charge in [0.1, 0.15) is 23.6 Å². The highest BCUT2D eigenvalue weighted by molar-refractivity contribution is 6.04. The van der Waals surface area contributed by atoms with Gasteiger partial charge in [0.25, 0.3) is 5.91 Å². The van der Waals surface area contributed by atoms with Crippen LogP contribution in [0.15, 0.2) is 47.7 Å². The van der Waals surface area contributed by atoms with Gasteiger partial charge in [-0.25, -0.2) is 4.79 Å². The number of carbonyl (C=O) groups is 2. The molecule has 0 spiro atoms. The Morgan fingerprint density at radius 1 is 1.26 bits per heavy atom. The molecule has 2 heterocycles. The smallest absolute Gasteiger partial charge is 0.352 e. The van der Waals surface area contributed by atoms with Crippen molar-refractivity contribution in [3.63, 3.8) is 0 Å². The number of terminal acetylenes is 1. The fourth-order valence-electron chi connectivity index (χ4n) is 4.50. The van der Waals surface area contributed by atoms with Crippen molar-refractivity contribution in [2.75, 3.05) is 12.3 Å². The Labute approximate surface area is 180 Å². The first-order valence-electron chi connectivity index (χ1n) is 9.69. The van der Waals surface area contributed by atoms with Crippen molar-refractivity contribution in [3.05, 3.63) is 47.7 Å². The fraction of sp³-hybridized carbons (Fsp3) is 0.304. The van der Waals surface area contributed by atoms with Crippen LogP contribution in [0, 0.1) is 18.8 Å². The van der Waals surface area contributed by atoms with E-state index < -0.39 is 29.6 Å². The number of hydrogen-bond acceptors (Lipinski definition) is 6. The van der Waals surface area contributed by atoms with Crippen LogP contribution in [0.3, 0.4) is 0 Å². The zero-order chi connectivity index (χ0) is 23.1. The van der Waals surface area contributed by atoms with E-state index in [0.717, 1.165) is 10.8 Å². The molecule has 2 aromatic carbocycles. The Hall–Kier alpha value is -3.54. The Bertz CT molecular complexity index is 1110. The number of hydrogen-bond donors (Lipinski definition) is 4. The van der Waals surface area contributed by atoms with Gasteiger partial charge in [-0.05, 0) is 19.1 Å². The van der Waals surface area contributed by atoms with Gasteiger partial charge in [-0.2, -0.15) is 0 Å². The summed E-state index contributed by atoms with van der Waals surface area (Å²) < 4.78 is 5.98. The first kappa shape index (κ1) is 22.2. The van der Waals surface area contributed by atoms with Crippen molar-refractivity contribution >= 4 is 28.3 Å². The van der Waals surface area contributed by atoms with Crippen LogP contribution in [0.5, 0.6) is 5.75 Å². The molecular weight excluding hydrogens is 398 g/mol. The standard InChI is InChI=1S/C21H23N3O5.C2H2/c1-10-14(9-29-16-8-4-5-12-13(16)6-3-7-15(12)22)17(19(26)27)24-18(10)21(23,11(2)25)20(24)28;1-2/h3-8,10-11,18,25H,9,22-23H2,1-2H3,(H,26,27);1-2H/t10-,11+,18?,21-;/m0./s1. The minimum Gasteiger partial charge on any atom is -0.488 e. The molecule has 4 rings (SSSR count). The summed E-state index contributed by atoms with van der Waals surface area (Å²) in [5, 5.41) is 21.4. The molecule has 0 aromatic heterocycles. The van der Waals surface area contributed by atoms with Crippen LogP contribution < -0.4 is 16.2 Å². The lowest BCUT2D eigenvalue weighted by Gasteiger charge is -2.53. The number of aliphatic hydroxyl groups is 1. The van der Waals surface area contributed by atoms with Crippen molar-refractivity contribution in [2.45, 2.75) is 31.5 Å². The summed E-state index contributed by atoms with van der Waals surface area (Å²) in [4.78, 5) is 25.7. The minimum absolute atomic E-state index is 0.0210. The average molecular weight is 423 g/mol. The maximum Gasteiger partial charge on any atom is 0.352 e. The number of ether oxygens (including phenoxy) is 1. The van der Waals surface area contributed by atoms with Crippen LogP contribution in [0.25, 0.3) is 10.8 Å². The summed E-state index contributed by atoms with van der Waals surface area (Å²) in [5.41, 5.74) is 11.7. The van der Waals surface area contributed by atoms with Crippen molar-refractivity contribution in [1.82, 2.24) is 4.90 Å². The van der Waals surface area contributed by atoms with E-state index in [1.807, 2.05) is 24.3 Å². The lowest BCUT2D eigenvalue weighted by Crippen LogP contribution is -2.81. The molecular formula is C23H25N3O5. The van der Waals surface area contributed by atoms with Gasteiger partial charge in [0.15, 0.2) is 0 Å². The molecule has 1 fully saturated rings. The lowest BCUT2D eigenvalue weighted by atomic mass is 9.71. The average Bonchev–Trinajstić information content (AvgIpc) is 3.03. The Morgan fingerprint density at radius 3 is 2.48 bits per heavy atom. The highest BCUT2D eigenvalue weighted by Crippen LogP contribution is 2.48. The highest BCUT2D eigenvalue weighted by Gasteiger charge is 2.68. The molecule has 2 aliphatic heterocycles. The van der Waals surface area contributed by atoms with E-state index in [0.29, 0.717) is 17.0 Å². The van der Waals surface area contributed by atoms with Gasteiger partial charge in [-0.15, -0.1) is 12.8 Å². The first-order valence-corrected chi connectivity index (χ1v) is 9.69. The third kappa shape index (κ3) is 3.10. The molecule has 1 saturated heterocycles. The van der Waals surface area contributed by atoms with Crippen molar-refractivity contribution in [1.29, 1.82) is 0 Å². The SMILES string of the molecule is C#C.C[C@H]1C(COc2cccc3c(N)cccc23)=C(C(=O)O)N2C(=O)[C@](N)([C@@H](C)O)C12. The highest BCUT2D eigenvalue weighted by atomic mass is 16.5. The second kappa shape index (κ2) is 7.95. The summed E-state index contributed by atoms with van der Waals surface area (Å²) in [6.07, 6.45) is 6.90. The Balaban J connectivity index is 0.00000132. The molecule has 1 unspecified atom stereocenters. The molecule has 4 atom stereocenters. The number of carboxylic acid groups (broad SMARTS) is 1. The van der Waals surface area contributed by atoms with E-state index in [-0.39, 0.29) is 18.2 Å². The molecule has 0 bridgehead atoms. The summed E-state index contributed by atoms with van der Waals surface area (Å²) in [5.74, 6) is -1.62. The number of amides is 1. The zero-order valence-electron chi connectivity index (χ0n) is 17.3. The van der Waals surface area contributed by atoms with Crippen molar-refractivity contribution < 1.29 is 24.5 Å². The number of aliphatic hydroxyl groups excluding tert-OH is 1. The number of fused-ring (bicyclic) bond motifs is 2. The Kier molecular flexibility index (Phi) is 5.68. The number of carboxylic acids is 1. The monoisotopic (exact) mass is 423 g/mol. The van der Waals surface area contributed by atoms with Crippen LogP contribution in [0.2, 0.25) is 0 Å². The molecule has 0 saturated carbocycles. The van der Waals surface area contributed by atoms with Crippen LogP contribution in [-0.2, 0) is 9.59 Å². The van der Waals surface area contributed by atoms with E-state index >= 15 is 0 Å². The number of carbonyl (C=O) groups excluding carboxylic acids is 1. The number of nitrogens with zero attached hydrogens (tertiary/aromatic N) is 1. The number of anilines is 1. The second-order valence-electron chi connectivity index (χ2n) is 7.68. The van der Waals surface area contributed by atoms with Crippen molar-refractivity contribution in [2.24, 2.45) is 11.7 Å². The number of aliphatic carboxylic acids is 1. The quantitative estimate of drug-likeness (QED) is 0.323. The molecule has 6 N–H and O–H groups in total. The number of rotatable bonds is 5. The molecule has 1 amide bonds. The zero-order valence-corrected chi connectivity index (χ0v) is 17.3. The van der Waals surface area contributed by atoms with Crippen LogP contribution in [0.1, 0.15) is 13.8 Å². The van der Waals surface area contributed by atoms with E-state index in [9.17, 15) is 19.8 Å². The molecule has 0 radical (unpaired) electrons. The van der Waals surface area contributed by atoms with Crippen LogP contribution >= 0.6 is 0 Å². The Morgan fingerprint density at radius 2 is 1.87 bits per heavy atom. The van der Waals surface area contributed by atoms with Crippen LogP contribution in [0.4, 0.5) is 5.69 Å². The first-order chi connectivity index (χ1) is 14.7. The third-order valence-corrected chi connectivity index (χ3v) is 6.12. The fourth-order valence-corrected chi connectivity index (χ4v) is 4.50. The van der Waals surface area contributed by atoms with Gasteiger partial charge < -0.3 is 26.4 Å². The predicted molar refractivity (Wildman–Crippen MR) is 117 cm³/mol. The van der Waals surface area contributed by atoms with E-state index in [2.05, 4.69) is 12.8 Å². The molecule has 0 aliphatic carbocycles. The molecule has 31 heavy (non-hydrogen) atoms. The van der Waals surface area contributed by atoms with Gasteiger partial charge >= 0.3 is 5.97 Å². The van der Waals surface area contributed by atoms with E-state index in [1.165, 1.54) is 11.8 Å². The minimum atomic E-state index is -1.50. The lowest BCUT2D eigenvalue weighted by molar-refractivity contribution is -0.167. The largest absolute Gasteiger partial charge is 0.488 e. The molecule has 8 nitrogen and oxygen atoms in total. The molecule has 2 aromatic rings. The van der Waals surface area contributed by atoms with Crippen molar-refractivity contribution in [3.8, 4) is 18.6 Å². The summed E-state index contributed by atoms with van der Waals surface area (Å²) in [6, 6.07) is 10.3. The summed E-state index contributed by atoms with van der Waals surface area (Å²) in [7, 11) is 0.